The Kier molecular flexibility index (Phi) is 36.2. The molecule has 18 unspecified atom stereocenters. The van der Waals surface area contributed by atoms with E-state index in [0.29, 0.717) is 12.8 Å². The SMILES string of the molecule is CCCCCCCC/C=C\CCCCCC(=O)NC(COC1OC(CO)C(OC2OC(CO)C(O)C(OC3(C(=O)O)CC(O)C(NC(C)=O)C(C(O)C(O)CO)O3)C2O)C(O)C1O)C(O)/C=C/CCCCCCCCCCCCCC. The van der Waals surface area contributed by atoms with Gasteiger partial charge in [0, 0.05) is 19.8 Å². The van der Waals surface area contributed by atoms with Crippen LogP contribution in [0.4, 0.5) is 0 Å². The van der Waals surface area contributed by atoms with Gasteiger partial charge in [0.15, 0.2) is 12.6 Å². The third-order valence-electron chi connectivity index (χ3n) is 15.4. The summed E-state index contributed by atoms with van der Waals surface area (Å²) in [5.74, 6) is -6.16. The van der Waals surface area contributed by atoms with Gasteiger partial charge in [-0.05, 0) is 44.9 Å². The largest absolute Gasteiger partial charge is 0.477 e. The zero-order chi connectivity index (χ0) is 59.7. The first-order chi connectivity index (χ1) is 38.9. The second kappa shape index (κ2) is 40.5. The summed E-state index contributed by atoms with van der Waals surface area (Å²) in [6.07, 6.45) is 5.37. The lowest BCUT2D eigenvalue weighted by molar-refractivity contribution is -0.386. The number of hydrogen-bond acceptors (Lipinski definition) is 20. The number of hydrogen-bond donors (Lipinski definition) is 14. The third kappa shape index (κ3) is 25.0. The second-order valence-corrected chi connectivity index (χ2v) is 22.2. The van der Waals surface area contributed by atoms with Crippen LogP contribution < -0.4 is 10.6 Å². The van der Waals surface area contributed by atoms with E-state index >= 15 is 0 Å². The number of aliphatic carboxylic acids is 1. The number of ether oxygens (including phenoxy) is 6. The van der Waals surface area contributed by atoms with Gasteiger partial charge < -0.3 is 100 Å². The van der Waals surface area contributed by atoms with Gasteiger partial charge in [0.05, 0.1) is 50.7 Å². The number of carboxylic acids is 1. The van der Waals surface area contributed by atoms with E-state index in [2.05, 4.69) is 36.6 Å². The van der Waals surface area contributed by atoms with Crippen molar-refractivity contribution in [2.24, 2.45) is 0 Å². The van der Waals surface area contributed by atoms with Crippen LogP contribution in [0.1, 0.15) is 188 Å². The van der Waals surface area contributed by atoms with Crippen molar-refractivity contribution in [3.05, 3.63) is 24.3 Å². The quantitative estimate of drug-likeness (QED) is 0.0308. The third-order valence-corrected chi connectivity index (χ3v) is 15.4. The average molecular weight is 1170 g/mol. The van der Waals surface area contributed by atoms with Gasteiger partial charge in [0.2, 0.25) is 11.8 Å². The van der Waals surface area contributed by atoms with E-state index in [1.807, 2.05) is 6.08 Å². The number of rotatable bonds is 43. The summed E-state index contributed by atoms with van der Waals surface area (Å²) in [4.78, 5) is 38.3. The van der Waals surface area contributed by atoms with Crippen LogP contribution in [0.3, 0.4) is 0 Å². The highest BCUT2D eigenvalue weighted by Crippen LogP contribution is 2.38. The smallest absolute Gasteiger partial charge is 0.364 e. The van der Waals surface area contributed by atoms with Crippen LogP contribution in [-0.2, 0) is 42.8 Å². The predicted molar refractivity (Wildman–Crippen MR) is 297 cm³/mol. The maximum Gasteiger partial charge on any atom is 0.364 e. The van der Waals surface area contributed by atoms with Crippen molar-refractivity contribution in [3.8, 4) is 0 Å². The minimum atomic E-state index is -3.08. The van der Waals surface area contributed by atoms with Gasteiger partial charge >= 0.3 is 5.97 Å². The molecule has 0 spiro atoms. The number of nitrogens with one attached hydrogen (secondary N) is 2. The minimum absolute atomic E-state index is 0.180. The molecule has 0 aromatic heterocycles. The standard InChI is InChI=1S/C58H104N2O21/c1-4-6-8-10-12-14-16-18-20-21-23-25-27-29-31-40(65)39(60-45(68)32-30-28-26-24-22-19-17-15-13-11-9-7-5-2)37-76-55-50(72)49(71)52(44(36-63)78-55)79-56-51(73)54(48(70)43(35-62)77-56)81-58(57(74)75)33-41(66)46(59-38(3)64)53(80-58)47(69)42(67)34-61/h19,22,29,31,39-44,46-56,61-63,65-67,69-73H,4-18,20-21,23-28,30,32-37H2,1-3H3,(H,59,64)(H,60,68)(H,74,75)/b22-19-,31-29+. The van der Waals surface area contributed by atoms with Crippen LogP contribution in [0.15, 0.2) is 24.3 Å². The van der Waals surface area contributed by atoms with Gasteiger partial charge in [-0.25, -0.2) is 4.79 Å². The Balaban J connectivity index is 1.69. The Morgan fingerprint density at radius 1 is 0.642 bits per heavy atom. The van der Waals surface area contributed by atoms with E-state index in [0.717, 1.165) is 51.9 Å². The molecule has 3 heterocycles. The molecule has 0 aromatic rings. The van der Waals surface area contributed by atoms with Crippen LogP contribution in [0.25, 0.3) is 0 Å². The molecule has 81 heavy (non-hydrogen) atoms. The highest BCUT2D eigenvalue weighted by Gasteiger charge is 2.60. The molecule has 23 nitrogen and oxygen atoms in total. The van der Waals surface area contributed by atoms with E-state index < -0.39 is 155 Å². The Morgan fingerprint density at radius 2 is 1.16 bits per heavy atom. The summed E-state index contributed by atoms with van der Waals surface area (Å²) in [6.45, 7) is 2.06. The van der Waals surface area contributed by atoms with Crippen molar-refractivity contribution in [2.45, 2.75) is 298 Å². The van der Waals surface area contributed by atoms with Crippen molar-refractivity contribution in [1.82, 2.24) is 10.6 Å². The van der Waals surface area contributed by atoms with Crippen molar-refractivity contribution >= 4 is 17.8 Å². The molecule has 2 amide bonds. The Hall–Kier alpha value is -2.79. The lowest BCUT2D eigenvalue weighted by atomic mass is 9.88. The van der Waals surface area contributed by atoms with Crippen molar-refractivity contribution in [3.63, 3.8) is 0 Å². The highest BCUT2D eigenvalue weighted by atomic mass is 16.8. The fraction of sp³-hybridized carbons (Fsp3) is 0.879. The summed E-state index contributed by atoms with van der Waals surface area (Å²) in [5, 5.41) is 135. The van der Waals surface area contributed by atoms with Crippen LogP contribution >= 0.6 is 0 Å². The Morgan fingerprint density at radius 3 is 1.68 bits per heavy atom. The van der Waals surface area contributed by atoms with Gasteiger partial charge in [-0.2, -0.15) is 0 Å². The molecule has 472 valence electrons. The first-order valence-electron chi connectivity index (χ1n) is 30.2. The summed E-state index contributed by atoms with van der Waals surface area (Å²) >= 11 is 0. The molecule has 3 aliphatic heterocycles. The zero-order valence-corrected chi connectivity index (χ0v) is 48.4. The van der Waals surface area contributed by atoms with Gasteiger partial charge in [-0.15, -0.1) is 0 Å². The van der Waals surface area contributed by atoms with Crippen LogP contribution in [-0.4, -0.2) is 215 Å². The average Bonchev–Trinajstić information content (AvgIpc) is 3.45. The Labute approximate surface area is 479 Å². The molecular weight excluding hydrogens is 1060 g/mol. The number of carboxylic acid groups (broad SMARTS) is 1. The normalized spacial score (nSPS) is 30.6. The van der Waals surface area contributed by atoms with Gasteiger partial charge in [-0.1, -0.05) is 147 Å². The number of amides is 2. The molecule has 18 atom stereocenters. The number of allylic oxidation sites excluding steroid dienone is 3. The maximum atomic E-state index is 13.3. The fourth-order valence-electron chi connectivity index (χ4n) is 10.5. The van der Waals surface area contributed by atoms with Gasteiger partial charge in [-0.3, -0.25) is 9.59 Å². The molecule has 14 N–H and O–H groups in total. The number of unbranched alkanes of at least 4 members (excludes halogenated alkanes) is 21. The number of aliphatic hydroxyl groups is 11. The fourth-order valence-corrected chi connectivity index (χ4v) is 10.5. The maximum absolute atomic E-state index is 13.3. The number of carbonyl (C=O) groups is 3. The molecule has 0 aliphatic carbocycles. The molecule has 23 heteroatoms. The lowest BCUT2D eigenvalue weighted by Crippen LogP contribution is -2.70. The summed E-state index contributed by atoms with van der Waals surface area (Å²) in [5.41, 5.74) is 0. The molecule has 0 saturated carbocycles. The van der Waals surface area contributed by atoms with E-state index in [1.54, 1.807) is 6.08 Å². The zero-order valence-electron chi connectivity index (χ0n) is 48.4. The first-order valence-corrected chi connectivity index (χ1v) is 30.2. The highest BCUT2D eigenvalue weighted by molar-refractivity contribution is 5.77. The van der Waals surface area contributed by atoms with E-state index in [1.165, 1.54) is 96.3 Å². The minimum Gasteiger partial charge on any atom is -0.477 e. The lowest BCUT2D eigenvalue weighted by Gasteiger charge is -2.50. The van der Waals surface area contributed by atoms with Crippen molar-refractivity contribution in [1.29, 1.82) is 0 Å². The topological polar surface area (TPSA) is 373 Å². The monoisotopic (exact) mass is 1160 g/mol. The summed E-state index contributed by atoms with van der Waals surface area (Å²) in [7, 11) is 0. The first kappa shape index (κ1) is 72.5. The molecule has 0 bridgehead atoms. The number of aliphatic hydroxyl groups excluding tert-OH is 11. The predicted octanol–water partition coefficient (Wildman–Crippen LogP) is 2.55. The van der Waals surface area contributed by atoms with Gasteiger partial charge in [0.1, 0.15) is 67.1 Å². The number of carbonyl (C=O) groups excluding carboxylic acids is 2. The molecular formula is C58H104N2O21. The van der Waals surface area contributed by atoms with E-state index in [4.69, 9.17) is 28.4 Å². The molecule has 3 saturated heterocycles. The van der Waals surface area contributed by atoms with Crippen LogP contribution in [0.5, 0.6) is 0 Å². The second-order valence-electron chi connectivity index (χ2n) is 22.2. The molecule has 3 fully saturated rings. The summed E-state index contributed by atoms with van der Waals surface area (Å²) in [6, 6.07) is -2.62. The molecule has 3 rings (SSSR count). The van der Waals surface area contributed by atoms with Crippen molar-refractivity contribution < 1.29 is 104 Å². The molecule has 0 aromatic carbocycles. The molecule has 3 aliphatic rings. The molecule has 0 radical (unpaired) electrons. The van der Waals surface area contributed by atoms with Gasteiger partial charge in [0.25, 0.3) is 5.79 Å². The van der Waals surface area contributed by atoms with Crippen molar-refractivity contribution in [2.75, 3.05) is 26.4 Å². The van der Waals surface area contributed by atoms with E-state index in [9.17, 15) is 75.7 Å². The Bertz CT molecular complexity index is 1770. The van der Waals surface area contributed by atoms with E-state index in [-0.39, 0.29) is 12.3 Å². The van der Waals surface area contributed by atoms with Crippen LogP contribution in [0.2, 0.25) is 0 Å². The van der Waals surface area contributed by atoms with Crippen LogP contribution in [0, 0.1) is 0 Å². The summed E-state index contributed by atoms with van der Waals surface area (Å²) < 4.78 is 34.6.